The van der Waals surface area contributed by atoms with E-state index in [2.05, 4.69) is 116 Å². The van der Waals surface area contributed by atoms with Gasteiger partial charge in [-0.15, -0.1) is 0 Å². The Morgan fingerprint density at radius 1 is 0.655 bits per heavy atom. The van der Waals surface area contributed by atoms with Gasteiger partial charge in [0.1, 0.15) is 0 Å². The van der Waals surface area contributed by atoms with Gasteiger partial charge < -0.3 is 29.4 Å². The number of anilines is 6. The quantitative estimate of drug-likeness (QED) is 0.792. The number of nitrogens with zero attached hydrogens (tertiary/aromatic N) is 6. The molecule has 0 bridgehead atoms. The molecule has 2 aromatic carbocycles. The van der Waals surface area contributed by atoms with Crippen LogP contribution in [0.25, 0.3) is 0 Å². The summed E-state index contributed by atoms with van der Waals surface area (Å²) in [7, 11) is 17.1. The summed E-state index contributed by atoms with van der Waals surface area (Å²) in [4.78, 5) is 13.7. The lowest BCUT2D eigenvalue weighted by Crippen LogP contribution is -2.36. The lowest BCUT2D eigenvalue weighted by atomic mass is 10.1. The van der Waals surface area contributed by atoms with Crippen molar-refractivity contribution in [3.8, 4) is 0 Å². The molecule has 2 aromatic rings. The molecule has 2 heterocycles. The van der Waals surface area contributed by atoms with Gasteiger partial charge in [-0.2, -0.15) is 0 Å². The number of hydrogen-bond donors (Lipinski definition) is 0. The van der Waals surface area contributed by atoms with Gasteiger partial charge >= 0.3 is 0 Å². The van der Waals surface area contributed by atoms with E-state index in [9.17, 15) is 0 Å². The van der Waals surface area contributed by atoms with E-state index in [-0.39, 0.29) is 0 Å². The Bertz CT molecular complexity index is 879. The van der Waals surface area contributed by atoms with Gasteiger partial charge in [0.15, 0.2) is 6.17 Å². The zero-order valence-corrected chi connectivity index (χ0v) is 19.0. The number of benzene rings is 2. The molecule has 6 nitrogen and oxygen atoms in total. The molecule has 1 radical (unpaired) electrons. The van der Waals surface area contributed by atoms with Crippen LogP contribution in [0.1, 0.15) is 5.56 Å². The van der Waals surface area contributed by atoms with Crippen LogP contribution >= 0.6 is 0 Å². The highest BCUT2D eigenvalue weighted by Gasteiger charge is 2.37. The fraction of sp³-hybridized carbons (Fsp3) is 0.435. The minimum atomic E-state index is 1.05. The van der Waals surface area contributed by atoms with Crippen LogP contribution in [-0.4, -0.2) is 69.5 Å². The monoisotopic (exact) mass is 393 g/mol. The molecule has 0 aliphatic carbocycles. The smallest absolute Gasteiger partial charge is 0.189 e. The Labute approximate surface area is 175 Å². The van der Waals surface area contributed by atoms with Crippen LogP contribution in [0, 0.1) is 6.17 Å². The van der Waals surface area contributed by atoms with Crippen molar-refractivity contribution in [2.24, 2.45) is 0 Å². The summed E-state index contributed by atoms with van der Waals surface area (Å²) >= 11 is 0. The maximum Gasteiger partial charge on any atom is 0.189 e. The highest BCUT2D eigenvalue weighted by molar-refractivity contribution is 5.92. The Morgan fingerprint density at radius 2 is 1.17 bits per heavy atom. The second-order valence-corrected chi connectivity index (χ2v) is 8.60. The summed E-state index contributed by atoms with van der Waals surface area (Å²) in [6, 6.07) is 11.4. The minimum Gasteiger partial charge on any atom is -0.378 e. The van der Waals surface area contributed by atoms with E-state index in [1.165, 1.54) is 45.9 Å². The van der Waals surface area contributed by atoms with Crippen LogP contribution < -0.4 is 29.4 Å². The van der Waals surface area contributed by atoms with Crippen molar-refractivity contribution in [1.29, 1.82) is 0 Å². The molecular formula is C23H33N6. The van der Waals surface area contributed by atoms with Crippen LogP contribution in [0.2, 0.25) is 0 Å². The molecule has 0 saturated carbocycles. The zero-order valence-electron chi connectivity index (χ0n) is 19.0. The molecule has 4 rings (SSSR count). The summed E-state index contributed by atoms with van der Waals surface area (Å²) in [5.41, 5.74) is 8.77. The standard InChI is InChI=1S/C23H33N6/c1-24(2)16-9-10-17(18(13-16)25(3)4)23-28(7)21-14-19-20(15-22(21)29(23)8)27(6)12-11-26(19)5/h9-10,13-15H,11-12H2,1-8H3. The molecule has 155 valence electrons. The molecule has 0 saturated heterocycles. The second-order valence-electron chi connectivity index (χ2n) is 8.60. The third kappa shape index (κ3) is 3.02. The number of likely N-dealkylation sites (N-methyl/N-ethyl adjacent to an activating group) is 2. The fourth-order valence-electron chi connectivity index (χ4n) is 4.42. The van der Waals surface area contributed by atoms with E-state index in [1.54, 1.807) is 0 Å². The minimum absolute atomic E-state index is 1.05. The summed E-state index contributed by atoms with van der Waals surface area (Å²) in [5.74, 6) is 0. The lowest BCUT2D eigenvalue weighted by molar-refractivity contribution is 0.798. The van der Waals surface area contributed by atoms with Crippen molar-refractivity contribution in [1.82, 2.24) is 0 Å². The van der Waals surface area contributed by atoms with Crippen LogP contribution in [0.3, 0.4) is 0 Å². The SMILES string of the molecule is CN(C)c1ccc([C]2N(C)c3cc4c(cc3N2C)N(C)CCN4C)c(N(C)C)c1. The molecule has 0 spiro atoms. The molecule has 29 heavy (non-hydrogen) atoms. The van der Waals surface area contributed by atoms with Crippen LogP contribution in [0.5, 0.6) is 0 Å². The maximum absolute atomic E-state index is 2.36. The van der Waals surface area contributed by atoms with Crippen molar-refractivity contribution in [3.63, 3.8) is 0 Å². The summed E-state index contributed by atoms with van der Waals surface area (Å²) < 4.78 is 0. The van der Waals surface area contributed by atoms with E-state index in [4.69, 9.17) is 0 Å². The van der Waals surface area contributed by atoms with Crippen molar-refractivity contribution in [3.05, 3.63) is 42.1 Å². The maximum atomic E-state index is 2.36. The predicted molar refractivity (Wildman–Crippen MR) is 127 cm³/mol. The van der Waals surface area contributed by atoms with Gasteiger partial charge in [-0.25, -0.2) is 0 Å². The third-order valence-electron chi connectivity index (χ3n) is 6.24. The molecule has 0 amide bonds. The predicted octanol–water partition coefficient (Wildman–Crippen LogP) is 3.13. The van der Waals surface area contributed by atoms with Gasteiger partial charge in [-0.3, -0.25) is 0 Å². The topological polar surface area (TPSA) is 19.4 Å². The molecule has 6 heteroatoms. The number of rotatable bonds is 3. The van der Waals surface area contributed by atoms with Crippen LogP contribution in [0.15, 0.2) is 30.3 Å². The molecule has 0 unspecified atom stereocenters. The number of fused-ring (bicyclic) bond motifs is 2. The Kier molecular flexibility index (Phi) is 4.68. The average Bonchev–Trinajstić information content (AvgIpc) is 2.93. The first-order valence-electron chi connectivity index (χ1n) is 10.1. The van der Waals surface area contributed by atoms with E-state index in [0.717, 1.165) is 13.1 Å². The van der Waals surface area contributed by atoms with E-state index in [1.807, 2.05) is 0 Å². The molecule has 0 fully saturated rings. The number of hydrogen-bond acceptors (Lipinski definition) is 6. The average molecular weight is 394 g/mol. The van der Waals surface area contributed by atoms with E-state index >= 15 is 0 Å². The highest BCUT2D eigenvalue weighted by atomic mass is 15.4. The van der Waals surface area contributed by atoms with Crippen molar-refractivity contribution in [2.75, 3.05) is 98.9 Å². The van der Waals surface area contributed by atoms with E-state index in [0.29, 0.717) is 0 Å². The molecule has 2 aliphatic rings. The van der Waals surface area contributed by atoms with Gasteiger partial charge in [-0.05, 0) is 24.3 Å². The molecular weight excluding hydrogens is 360 g/mol. The summed E-state index contributed by atoms with van der Waals surface area (Å²) in [6.45, 7) is 2.10. The zero-order chi connectivity index (χ0) is 21.0. The Balaban J connectivity index is 1.81. The molecule has 0 atom stereocenters. The van der Waals surface area contributed by atoms with Crippen LogP contribution in [-0.2, 0) is 0 Å². The Hall–Kier alpha value is -2.76. The first kappa shape index (κ1) is 19.6. The first-order chi connectivity index (χ1) is 13.7. The molecule has 0 N–H and O–H groups in total. The van der Waals surface area contributed by atoms with E-state index < -0.39 is 0 Å². The highest BCUT2D eigenvalue weighted by Crippen LogP contribution is 2.50. The lowest BCUT2D eigenvalue weighted by Gasteiger charge is -2.35. The van der Waals surface area contributed by atoms with Crippen molar-refractivity contribution >= 4 is 34.1 Å². The van der Waals surface area contributed by atoms with Gasteiger partial charge in [0.05, 0.1) is 22.7 Å². The van der Waals surface area contributed by atoms with Crippen LogP contribution in [0.4, 0.5) is 34.1 Å². The van der Waals surface area contributed by atoms with Crippen molar-refractivity contribution in [2.45, 2.75) is 0 Å². The normalized spacial score (nSPS) is 16.3. The first-order valence-corrected chi connectivity index (χ1v) is 10.1. The summed E-state index contributed by atoms with van der Waals surface area (Å²) in [6.07, 6.45) is 1.21. The van der Waals surface area contributed by atoms with Gasteiger partial charge in [-0.1, -0.05) is 6.07 Å². The third-order valence-corrected chi connectivity index (χ3v) is 6.24. The molecule has 0 aromatic heterocycles. The largest absolute Gasteiger partial charge is 0.378 e. The van der Waals surface area contributed by atoms with Gasteiger partial charge in [0, 0.05) is 86.4 Å². The van der Waals surface area contributed by atoms with Gasteiger partial charge in [0.25, 0.3) is 0 Å². The Morgan fingerprint density at radius 3 is 1.62 bits per heavy atom. The molecule has 2 aliphatic heterocycles. The van der Waals surface area contributed by atoms with Crippen molar-refractivity contribution < 1.29 is 0 Å². The second kappa shape index (κ2) is 6.94. The summed E-state index contributed by atoms with van der Waals surface area (Å²) in [5, 5.41) is 0. The van der Waals surface area contributed by atoms with Gasteiger partial charge in [0.2, 0.25) is 0 Å². The fourth-order valence-corrected chi connectivity index (χ4v) is 4.42.